The molecule has 1 fully saturated rings. The maximum atomic E-state index is 5.87. The molecular weight excluding hydrogens is 250 g/mol. The van der Waals surface area contributed by atoms with Crippen molar-refractivity contribution in [2.24, 2.45) is 0 Å². The Hall–Kier alpha value is -0.870. The fourth-order valence-corrected chi connectivity index (χ4v) is 2.91. The van der Waals surface area contributed by atoms with Crippen LogP contribution in [0.4, 0.5) is 0 Å². The SMILES string of the molecule is CCc1nccn1CC(C)NCCCOC1CCCC1. The van der Waals surface area contributed by atoms with Gasteiger partial charge in [0.1, 0.15) is 5.82 Å². The van der Waals surface area contributed by atoms with Crippen molar-refractivity contribution in [3.05, 3.63) is 18.2 Å². The van der Waals surface area contributed by atoms with Gasteiger partial charge in [-0.2, -0.15) is 0 Å². The maximum Gasteiger partial charge on any atom is 0.108 e. The first-order valence-electron chi connectivity index (χ1n) is 8.14. The lowest BCUT2D eigenvalue weighted by atomic mass is 10.3. The average molecular weight is 279 g/mol. The molecule has 0 saturated heterocycles. The number of aryl methyl sites for hydroxylation is 1. The molecule has 1 N–H and O–H groups in total. The quantitative estimate of drug-likeness (QED) is 0.707. The van der Waals surface area contributed by atoms with Crippen molar-refractivity contribution in [3.8, 4) is 0 Å². The van der Waals surface area contributed by atoms with Crippen LogP contribution in [0.3, 0.4) is 0 Å². The topological polar surface area (TPSA) is 39.1 Å². The van der Waals surface area contributed by atoms with E-state index in [1.54, 1.807) is 0 Å². The van der Waals surface area contributed by atoms with E-state index in [1.807, 2.05) is 6.20 Å². The van der Waals surface area contributed by atoms with Gasteiger partial charge in [-0.05, 0) is 32.7 Å². The van der Waals surface area contributed by atoms with Gasteiger partial charge in [0.05, 0.1) is 6.10 Å². The highest BCUT2D eigenvalue weighted by Crippen LogP contribution is 2.20. The molecule has 0 spiro atoms. The lowest BCUT2D eigenvalue weighted by molar-refractivity contribution is 0.0566. The number of nitrogens with zero attached hydrogens (tertiary/aromatic N) is 2. The standard InChI is InChI=1S/C16H29N3O/c1-3-16-18-10-11-19(16)13-14(2)17-9-6-12-20-15-7-4-5-8-15/h10-11,14-15,17H,3-9,12-13H2,1-2H3. The second-order valence-electron chi connectivity index (χ2n) is 5.84. The summed E-state index contributed by atoms with van der Waals surface area (Å²) < 4.78 is 8.11. The van der Waals surface area contributed by atoms with E-state index in [9.17, 15) is 0 Å². The molecule has 1 aliphatic rings. The molecule has 0 aliphatic heterocycles. The number of hydrogen-bond donors (Lipinski definition) is 1. The second-order valence-corrected chi connectivity index (χ2v) is 5.84. The van der Waals surface area contributed by atoms with E-state index in [0.717, 1.165) is 32.5 Å². The third kappa shape index (κ3) is 4.91. The number of imidazole rings is 1. The molecule has 20 heavy (non-hydrogen) atoms. The summed E-state index contributed by atoms with van der Waals surface area (Å²) in [6, 6.07) is 0.473. The molecule has 1 aromatic rings. The maximum absolute atomic E-state index is 5.87. The Balaban J connectivity index is 1.54. The Bertz CT molecular complexity index is 372. The van der Waals surface area contributed by atoms with Crippen molar-refractivity contribution < 1.29 is 4.74 Å². The van der Waals surface area contributed by atoms with E-state index in [4.69, 9.17) is 4.74 Å². The van der Waals surface area contributed by atoms with Crippen LogP contribution in [-0.2, 0) is 17.7 Å². The number of aromatic nitrogens is 2. The smallest absolute Gasteiger partial charge is 0.108 e. The predicted octanol–water partition coefficient (Wildman–Crippen LogP) is 2.77. The molecule has 114 valence electrons. The van der Waals surface area contributed by atoms with Gasteiger partial charge in [-0.3, -0.25) is 0 Å². The fraction of sp³-hybridized carbons (Fsp3) is 0.812. The molecule has 4 nitrogen and oxygen atoms in total. The minimum atomic E-state index is 0.473. The highest BCUT2D eigenvalue weighted by Gasteiger charge is 2.14. The number of rotatable bonds is 9. The molecule has 1 unspecified atom stereocenters. The van der Waals surface area contributed by atoms with Crippen LogP contribution in [0.15, 0.2) is 12.4 Å². The molecule has 2 rings (SSSR count). The minimum Gasteiger partial charge on any atom is -0.378 e. The molecule has 1 aromatic heterocycles. The van der Waals surface area contributed by atoms with Crippen LogP contribution in [0.5, 0.6) is 0 Å². The van der Waals surface area contributed by atoms with Gasteiger partial charge in [0.25, 0.3) is 0 Å². The summed E-state index contributed by atoms with van der Waals surface area (Å²) in [6.07, 6.45) is 11.8. The van der Waals surface area contributed by atoms with Crippen molar-refractivity contribution in [2.75, 3.05) is 13.2 Å². The van der Waals surface area contributed by atoms with Gasteiger partial charge >= 0.3 is 0 Å². The largest absolute Gasteiger partial charge is 0.378 e. The first kappa shape index (κ1) is 15.5. The number of nitrogens with one attached hydrogen (secondary N) is 1. The van der Waals surface area contributed by atoms with E-state index in [0.29, 0.717) is 12.1 Å². The van der Waals surface area contributed by atoms with Gasteiger partial charge in [-0.25, -0.2) is 4.98 Å². The second kappa shape index (κ2) is 8.42. The van der Waals surface area contributed by atoms with Gasteiger partial charge in [0.15, 0.2) is 0 Å². The third-order valence-electron chi connectivity index (χ3n) is 4.06. The van der Waals surface area contributed by atoms with Crippen LogP contribution in [0, 0.1) is 0 Å². The van der Waals surface area contributed by atoms with Crippen LogP contribution in [0.2, 0.25) is 0 Å². The molecule has 4 heteroatoms. The summed E-state index contributed by atoms with van der Waals surface area (Å²) in [5.41, 5.74) is 0. The van der Waals surface area contributed by atoms with Crippen LogP contribution in [0.1, 0.15) is 51.8 Å². The van der Waals surface area contributed by atoms with Gasteiger partial charge in [0.2, 0.25) is 0 Å². The van der Waals surface area contributed by atoms with Crippen molar-refractivity contribution in [2.45, 2.75) is 71.1 Å². The van der Waals surface area contributed by atoms with Crippen molar-refractivity contribution in [1.82, 2.24) is 14.9 Å². The van der Waals surface area contributed by atoms with Crippen molar-refractivity contribution in [1.29, 1.82) is 0 Å². The first-order valence-corrected chi connectivity index (χ1v) is 8.14. The minimum absolute atomic E-state index is 0.473. The molecule has 0 radical (unpaired) electrons. The zero-order chi connectivity index (χ0) is 14.2. The molecule has 0 amide bonds. The average Bonchev–Trinajstić information content (AvgIpc) is 3.09. The molecule has 1 atom stereocenters. The molecule has 1 heterocycles. The summed E-state index contributed by atoms with van der Waals surface area (Å²) in [6.45, 7) is 7.31. The van der Waals surface area contributed by atoms with E-state index < -0.39 is 0 Å². The predicted molar refractivity (Wildman–Crippen MR) is 81.9 cm³/mol. The van der Waals surface area contributed by atoms with E-state index in [-0.39, 0.29) is 0 Å². The Morgan fingerprint density at radius 2 is 2.25 bits per heavy atom. The molecule has 1 aliphatic carbocycles. The summed E-state index contributed by atoms with van der Waals surface area (Å²) >= 11 is 0. The number of ether oxygens (including phenoxy) is 1. The summed E-state index contributed by atoms with van der Waals surface area (Å²) in [5, 5.41) is 3.57. The third-order valence-corrected chi connectivity index (χ3v) is 4.06. The zero-order valence-electron chi connectivity index (χ0n) is 13.0. The van der Waals surface area contributed by atoms with Crippen LogP contribution in [0.25, 0.3) is 0 Å². The molecule has 0 bridgehead atoms. The van der Waals surface area contributed by atoms with Crippen LogP contribution >= 0.6 is 0 Å². The Morgan fingerprint density at radius 3 is 3.00 bits per heavy atom. The van der Waals surface area contributed by atoms with Crippen molar-refractivity contribution >= 4 is 0 Å². The van der Waals surface area contributed by atoms with E-state index in [1.165, 1.54) is 31.5 Å². The van der Waals surface area contributed by atoms with E-state index in [2.05, 4.69) is 34.9 Å². The Morgan fingerprint density at radius 1 is 1.45 bits per heavy atom. The summed E-state index contributed by atoms with van der Waals surface area (Å²) in [4.78, 5) is 4.36. The van der Waals surface area contributed by atoms with E-state index >= 15 is 0 Å². The Labute approximate surface area is 122 Å². The lowest BCUT2D eigenvalue weighted by Crippen LogP contribution is -2.32. The summed E-state index contributed by atoms with van der Waals surface area (Å²) in [7, 11) is 0. The normalized spacial score (nSPS) is 17.7. The molecule has 1 saturated carbocycles. The summed E-state index contributed by atoms with van der Waals surface area (Å²) in [5.74, 6) is 1.17. The monoisotopic (exact) mass is 279 g/mol. The molecule has 0 aromatic carbocycles. The van der Waals surface area contributed by atoms with Gasteiger partial charge in [-0.15, -0.1) is 0 Å². The Kier molecular flexibility index (Phi) is 6.54. The lowest BCUT2D eigenvalue weighted by Gasteiger charge is -2.16. The molecular formula is C16H29N3O. The van der Waals surface area contributed by atoms with Gasteiger partial charge < -0.3 is 14.6 Å². The van der Waals surface area contributed by atoms with Crippen LogP contribution < -0.4 is 5.32 Å². The zero-order valence-corrected chi connectivity index (χ0v) is 13.0. The van der Waals surface area contributed by atoms with Gasteiger partial charge in [-0.1, -0.05) is 19.8 Å². The highest BCUT2D eigenvalue weighted by molar-refractivity contribution is 4.92. The van der Waals surface area contributed by atoms with Crippen LogP contribution in [-0.4, -0.2) is 34.8 Å². The number of hydrogen-bond acceptors (Lipinski definition) is 3. The van der Waals surface area contributed by atoms with Gasteiger partial charge in [0, 0.05) is 38.0 Å². The van der Waals surface area contributed by atoms with Crippen molar-refractivity contribution in [3.63, 3.8) is 0 Å². The highest BCUT2D eigenvalue weighted by atomic mass is 16.5. The first-order chi connectivity index (χ1) is 9.79. The fourth-order valence-electron chi connectivity index (χ4n) is 2.91.